The number of nitrogen functional groups attached to an aromatic ring is 1. The Kier molecular flexibility index (Phi) is 10.9. The Morgan fingerprint density at radius 2 is 1.78 bits per heavy atom. The summed E-state index contributed by atoms with van der Waals surface area (Å²) >= 11 is 16.6. The number of nitrogens with one attached hydrogen (secondary N) is 1. The molecule has 3 heterocycles. The maximum atomic E-state index is 13.5. The van der Waals surface area contributed by atoms with Gasteiger partial charge in [-0.15, -0.1) is 5.10 Å². The lowest BCUT2D eigenvalue weighted by molar-refractivity contribution is -0.140. The molecule has 0 saturated heterocycles. The Hall–Kier alpha value is -4.14. The first-order valence-corrected chi connectivity index (χ1v) is 14.1. The second-order valence-electron chi connectivity index (χ2n) is 8.02. The molecule has 1 aromatic carbocycles. The Morgan fingerprint density at radius 1 is 1.11 bits per heavy atom. The molecule has 0 amide bonds. The van der Waals surface area contributed by atoms with Gasteiger partial charge in [0.05, 0.1) is 36.7 Å². The third-order valence-corrected chi connectivity index (χ3v) is 7.67. The third-order valence-electron chi connectivity index (χ3n) is 5.12. The highest BCUT2D eigenvalue weighted by Gasteiger charge is 2.40. The van der Waals surface area contributed by atoms with Gasteiger partial charge in [-0.05, 0) is 12.1 Å². The number of nitrogens with two attached hydrogens (primary N) is 1. The second kappa shape index (κ2) is 13.9. The highest BCUT2D eigenvalue weighted by molar-refractivity contribution is 7.92. The van der Waals surface area contributed by atoms with E-state index < -0.39 is 63.1 Å². The molecule has 0 atom stereocenters. The summed E-state index contributed by atoms with van der Waals surface area (Å²) in [5.74, 6) is -2.84. The van der Waals surface area contributed by atoms with Crippen LogP contribution in [0.2, 0.25) is 15.2 Å². The monoisotopic (exact) mass is 723 g/mol. The summed E-state index contributed by atoms with van der Waals surface area (Å²) in [4.78, 5) is 20.3. The van der Waals surface area contributed by atoms with E-state index in [1.807, 2.05) is 0 Å². The molecule has 0 fully saturated rings. The van der Waals surface area contributed by atoms with Crippen LogP contribution in [-0.4, -0.2) is 71.3 Å². The van der Waals surface area contributed by atoms with Crippen LogP contribution < -0.4 is 24.7 Å². The number of carbonyl (C=O) groups is 1. The number of fused-ring (bicyclic) bond motifs is 1. The average molecular weight is 725 g/mol. The minimum absolute atomic E-state index is 0.0448. The Morgan fingerprint density at radius 3 is 2.33 bits per heavy atom. The van der Waals surface area contributed by atoms with Crippen LogP contribution in [0.3, 0.4) is 0 Å². The maximum absolute atomic E-state index is 13.5. The molecule has 0 aliphatic rings. The largest absolute Gasteiger partial charge is 0.491 e. The molecule has 0 aliphatic carbocycles. The number of benzene rings is 1. The van der Waals surface area contributed by atoms with E-state index in [2.05, 4.69) is 24.8 Å². The highest BCUT2D eigenvalue weighted by atomic mass is 35.5. The van der Waals surface area contributed by atoms with Crippen LogP contribution in [0.1, 0.15) is 16.1 Å². The number of carboxylic acid groups (broad SMARTS) is 1. The number of aromatic carboxylic acids is 1. The molecule has 0 spiro atoms. The van der Waals surface area contributed by atoms with E-state index in [1.54, 1.807) is 4.72 Å². The molecule has 4 N–H and O–H groups in total. The molecule has 4 rings (SSSR count). The maximum Gasteiger partial charge on any atom is 0.417 e. The predicted molar refractivity (Wildman–Crippen MR) is 148 cm³/mol. The molecule has 3 aromatic heterocycles. The molecule has 45 heavy (non-hydrogen) atoms. The number of anilines is 2. The van der Waals surface area contributed by atoms with E-state index in [0.717, 1.165) is 16.6 Å². The van der Waals surface area contributed by atoms with Gasteiger partial charge >= 0.3 is 18.2 Å². The van der Waals surface area contributed by atoms with Gasteiger partial charge in [-0.2, -0.15) is 27.7 Å². The molecule has 0 radical (unpaired) electrons. The van der Waals surface area contributed by atoms with E-state index in [9.17, 15) is 35.2 Å². The van der Waals surface area contributed by atoms with E-state index in [-0.39, 0.29) is 38.3 Å². The molecule has 0 saturated carbocycles. The van der Waals surface area contributed by atoms with Crippen molar-refractivity contribution in [2.75, 3.05) is 31.3 Å². The minimum Gasteiger partial charge on any atom is -0.491 e. The van der Waals surface area contributed by atoms with E-state index in [1.165, 1.54) is 20.4 Å². The number of rotatable bonds is 9. The van der Waals surface area contributed by atoms with E-state index in [0.29, 0.717) is 6.07 Å². The van der Waals surface area contributed by atoms with Crippen LogP contribution in [0.4, 0.5) is 33.6 Å². The molecule has 0 aliphatic heterocycles. The van der Waals surface area contributed by atoms with Crippen LogP contribution >= 0.6 is 34.8 Å². The smallest absolute Gasteiger partial charge is 0.417 e. The molecule has 4 aromatic rings. The molecule has 0 unspecified atom stereocenters. The van der Waals surface area contributed by atoms with Gasteiger partial charge in [-0.1, -0.05) is 40.9 Å². The van der Waals surface area contributed by atoms with Crippen LogP contribution in [0.5, 0.6) is 17.5 Å². The molecular weight excluding hydrogens is 708 g/mol. The van der Waals surface area contributed by atoms with Crippen molar-refractivity contribution >= 4 is 68.1 Å². The Bertz CT molecular complexity index is 1810. The summed E-state index contributed by atoms with van der Waals surface area (Å²) in [5.41, 5.74) is 3.19. The lowest BCUT2D eigenvalue weighted by Crippen LogP contribution is -2.21. The summed E-state index contributed by atoms with van der Waals surface area (Å²) in [6.07, 6.45) is -6.99. The zero-order valence-electron chi connectivity index (χ0n) is 22.2. The van der Waals surface area contributed by atoms with Crippen molar-refractivity contribution in [2.24, 2.45) is 0 Å². The number of methoxy groups -OCH3 is 2. The van der Waals surface area contributed by atoms with Crippen molar-refractivity contribution in [1.29, 1.82) is 0 Å². The van der Waals surface area contributed by atoms with Gasteiger partial charge in [0.1, 0.15) is 22.3 Å². The van der Waals surface area contributed by atoms with Gasteiger partial charge < -0.3 is 25.1 Å². The van der Waals surface area contributed by atoms with Gasteiger partial charge in [0.15, 0.2) is 16.6 Å². The van der Waals surface area contributed by atoms with Crippen LogP contribution in [0.15, 0.2) is 29.3 Å². The molecule has 23 heteroatoms. The number of sulfonamides is 1. The molecule has 14 nitrogen and oxygen atoms in total. The van der Waals surface area contributed by atoms with Crippen molar-refractivity contribution in [3.63, 3.8) is 0 Å². The highest BCUT2D eigenvalue weighted by Crippen LogP contribution is 2.40. The Balaban J connectivity index is 0.000000355. The number of nitrogens with zero attached hydrogens (tertiary/aromatic N) is 5. The summed E-state index contributed by atoms with van der Waals surface area (Å²) in [6, 6.07) is 1.99. The van der Waals surface area contributed by atoms with E-state index in [4.69, 9.17) is 55.1 Å². The number of alkyl halides is 5. The number of halogens is 8. The first-order chi connectivity index (χ1) is 20.9. The summed E-state index contributed by atoms with van der Waals surface area (Å²) < 4.78 is 109. The quantitative estimate of drug-likeness (QED) is 0.156. The first-order valence-electron chi connectivity index (χ1n) is 11.4. The minimum atomic E-state index is -5.14. The molecular formula is C22H17Cl3F5N7O7S. The van der Waals surface area contributed by atoms with Crippen molar-refractivity contribution in [1.82, 2.24) is 24.6 Å². The predicted octanol–water partition coefficient (Wildman–Crippen LogP) is 4.93. The average Bonchev–Trinajstić information content (AvgIpc) is 3.38. The summed E-state index contributed by atoms with van der Waals surface area (Å²) in [6.45, 7) is -1.32. The van der Waals surface area contributed by atoms with Crippen LogP contribution in [0, 0.1) is 0 Å². The normalized spacial score (nSPS) is 11.6. The fourth-order valence-corrected chi connectivity index (χ4v) is 5.17. The fraction of sp³-hybridized carbons (Fsp3) is 0.227. The van der Waals surface area contributed by atoms with Crippen molar-refractivity contribution in [3.05, 3.63) is 50.9 Å². The van der Waals surface area contributed by atoms with Gasteiger partial charge in [-0.25, -0.2) is 31.7 Å². The van der Waals surface area contributed by atoms with Gasteiger partial charge in [0.2, 0.25) is 5.65 Å². The van der Waals surface area contributed by atoms with Crippen molar-refractivity contribution in [2.45, 2.75) is 17.5 Å². The van der Waals surface area contributed by atoms with Crippen molar-refractivity contribution < 1.29 is 54.5 Å². The number of ether oxygens (including phenoxy) is 3. The van der Waals surface area contributed by atoms with Gasteiger partial charge in [0, 0.05) is 0 Å². The van der Waals surface area contributed by atoms with Gasteiger partial charge in [-0.3, -0.25) is 0 Å². The van der Waals surface area contributed by atoms with E-state index >= 15 is 0 Å². The zero-order chi connectivity index (χ0) is 33.9. The number of hydrogen-bond acceptors (Lipinski definition) is 11. The number of aromatic nitrogens is 5. The van der Waals surface area contributed by atoms with Crippen LogP contribution in [0.25, 0.3) is 5.65 Å². The Labute approximate surface area is 263 Å². The number of pyridine rings is 1. The number of carboxylic acids is 1. The molecule has 244 valence electrons. The lowest BCUT2D eigenvalue weighted by atomic mass is 10.2. The topological polar surface area (TPSA) is 193 Å². The second-order valence-corrected chi connectivity index (χ2v) is 10.8. The first kappa shape index (κ1) is 35.3. The zero-order valence-corrected chi connectivity index (χ0v) is 25.3. The fourth-order valence-electron chi connectivity index (χ4n) is 3.28. The SMILES string of the molecule is COc1cnc(OC)n2nc(NS(=O)(=O)c3c(OCC(F)F)cccc3C(F)(F)F)nc12.Nc1c(Cl)c(Cl)nc(C(=O)O)c1Cl. The summed E-state index contributed by atoms with van der Waals surface area (Å²) in [7, 11) is -2.56. The van der Waals surface area contributed by atoms with Crippen molar-refractivity contribution in [3.8, 4) is 17.5 Å². The standard InChI is InChI=1S/C16H14F5N5O5S.C6H3Cl3N2O2/c1-29-10-6-22-15(30-2)26-13(10)23-14(24-26)25-32(27,28)12-8(16(19,20)21)4-3-5-9(12)31-7-11(17)18;7-1-3(10)2(8)5(9)11-4(1)6(12)13/h3-6,11H,7H2,1-2H3,(H,24,25);(H2,10,11)(H,12,13). The summed E-state index contributed by atoms with van der Waals surface area (Å²) in [5, 5.41) is 12.0. The van der Waals surface area contributed by atoms with Gasteiger partial charge in [0.25, 0.3) is 22.4 Å². The third kappa shape index (κ3) is 7.93. The number of hydrogen-bond donors (Lipinski definition) is 3. The lowest BCUT2D eigenvalue weighted by Gasteiger charge is -2.17. The molecule has 0 bridgehead atoms. The van der Waals surface area contributed by atoms with Crippen LogP contribution in [-0.2, 0) is 16.2 Å².